The Morgan fingerprint density at radius 3 is 2.73 bits per heavy atom. The molecule has 1 fully saturated rings. The molecular formula is C19H28ClFN2O2S. The fraction of sp³-hybridized carbons (Fsp3) is 0.579. The van der Waals surface area contributed by atoms with Gasteiger partial charge >= 0.3 is 0 Å². The van der Waals surface area contributed by atoms with Crippen molar-refractivity contribution in [2.45, 2.75) is 43.8 Å². The van der Waals surface area contributed by atoms with Crippen LogP contribution in [0.2, 0.25) is 5.02 Å². The van der Waals surface area contributed by atoms with Crippen LogP contribution in [0.4, 0.5) is 4.39 Å². The Morgan fingerprint density at radius 1 is 1.50 bits per heavy atom. The summed E-state index contributed by atoms with van der Waals surface area (Å²) in [6.07, 6.45) is 4.18. The third-order valence-electron chi connectivity index (χ3n) is 5.02. The second-order valence-electron chi connectivity index (χ2n) is 7.36. The first kappa shape index (κ1) is 21.4. The number of ether oxygens (including phenoxy) is 1. The van der Waals surface area contributed by atoms with Crippen molar-refractivity contribution < 1.29 is 13.3 Å². The molecule has 3 N–H and O–H groups in total. The van der Waals surface area contributed by atoms with Crippen LogP contribution in [0.3, 0.4) is 0 Å². The number of hydrogen-bond acceptors (Lipinski definition) is 3. The van der Waals surface area contributed by atoms with Gasteiger partial charge in [-0.05, 0) is 69.7 Å². The van der Waals surface area contributed by atoms with Gasteiger partial charge < -0.3 is 10.1 Å². The minimum absolute atomic E-state index is 0.0255. The van der Waals surface area contributed by atoms with Crippen molar-refractivity contribution in [2.75, 3.05) is 19.7 Å². The van der Waals surface area contributed by atoms with Gasteiger partial charge in [-0.3, -0.25) is 5.14 Å². The maximum atomic E-state index is 14.0. The Labute approximate surface area is 162 Å². The van der Waals surface area contributed by atoms with Gasteiger partial charge in [-0.15, -0.1) is 0 Å². The second-order valence-corrected chi connectivity index (χ2v) is 9.47. The van der Waals surface area contributed by atoms with Crippen LogP contribution in [0.25, 0.3) is 0 Å². The average Bonchev–Trinajstić information content (AvgIpc) is 2.61. The SMILES string of the molecule is C=CCOc1cc(F)c(Cl)cc1[C@H](CC(C)(C)S(N)=O)C1CCNCC1. The van der Waals surface area contributed by atoms with Crippen LogP contribution in [0.15, 0.2) is 24.8 Å². The molecule has 4 nitrogen and oxygen atoms in total. The summed E-state index contributed by atoms with van der Waals surface area (Å²) in [7, 11) is -1.48. The van der Waals surface area contributed by atoms with E-state index in [0.29, 0.717) is 18.1 Å². The lowest BCUT2D eigenvalue weighted by atomic mass is 9.75. The van der Waals surface area contributed by atoms with Gasteiger partial charge in [0.1, 0.15) is 18.2 Å². The first-order chi connectivity index (χ1) is 12.3. The summed E-state index contributed by atoms with van der Waals surface area (Å²) in [6.45, 7) is 9.56. The molecule has 26 heavy (non-hydrogen) atoms. The van der Waals surface area contributed by atoms with E-state index in [9.17, 15) is 8.60 Å². The number of rotatable bonds is 8. The number of halogens is 2. The highest BCUT2D eigenvalue weighted by Gasteiger charge is 2.35. The maximum absolute atomic E-state index is 14.0. The Balaban J connectivity index is 2.47. The molecule has 1 saturated heterocycles. The molecule has 2 atom stereocenters. The molecule has 0 spiro atoms. The van der Waals surface area contributed by atoms with Crippen LogP contribution in [0, 0.1) is 11.7 Å². The number of nitrogens with one attached hydrogen (secondary N) is 1. The normalized spacial score (nSPS) is 18.3. The summed E-state index contributed by atoms with van der Waals surface area (Å²) in [6, 6.07) is 2.99. The van der Waals surface area contributed by atoms with E-state index in [1.54, 1.807) is 12.1 Å². The smallest absolute Gasteiger partial charge is 0.145 e. The molecule has 1 aromatic rings. The molecule has 1 heterocycles. The molecule has 0 radical (unpaired) electrons. The lowest BCUT2D eigenvalue weighted by molar-refractivity contribution is 0.282. The molecule has 146 valence electrons. The average molecular weight is 403 g/mol. The first-order valence-corrected chi connectivity index (χ1v) is 10.4. The molecule has 7 heteroatoms. The standard InChI is InChI=1S/C19H28ClFN2O2S/c1-4-9-25-18-11-17(21)16(20)10-14(18)15(12-19(2,3)26(22)24)13-5-7-23-8-6-13/h4,10-11,13,15,23H,1,5-9,12,22H2,2-3H3/t15-,26?/m1/s1. The monoisotopic (exact) mass is 402 g/mol. The second kappa shape index (κ2) is 9.31. The quantitative estimate of drug-likeness (QED) is 0.648. The molecule has 0 aliphatic carbocycles. The van der Waals surface area contributed by atoms with Crippen LogP contribution < -0.4 is 15.2 Å². The van der Waals surface area contributed by atoms with Gasteiger partial charge in [-0.1, -0.05) is 24.3 Å². The van der Waals surface area contributed by atoms with Crippen molar-refractivity contribution in [3.8, 4) is 5.75 Å². The summed E-state index contributed by atoms with van der Waals surface area (Å²) >= 11 is 6.09. The van der Waals surface area contributed by atoms with Gasteiger partial charge in [0.15, 0.2) is 0 Å². The molecular weight excluding hydrogens is 375 g/mol. The highest BCUT2D eigenvalue weighted by Crippen LogP contribution is 2.43. The van der Waals surface area contributed by atoms with Crippen molar-refractivity contribution in [1.82, 2.24) is 5.32 Å². The highest BCUT2D eigenvalue weighted by molar-refractivity contribution is 7.84. The lowest BCUT2D eigenvalue weighted by Crippen LogP contribution is -2.38. The molecule has 0 saturated carbocycles. The van der Waals surface area contributed by atoms with Gasteiger partial charge in [0.05, 0.1) is 20.8 Å². The van der Waals surface area contributed by atoms with Gasteiger partial charge in [0, 0.05) is 6.07 Å². The minimum atomic E-state index is -1.48. The van der Waals surface area contributed by atoms with E-state index in [1.807, 2.05) is 13.8 Å². The zero-order valence-corrected chi connectivity index (χ0v) is 17.0. The molecule has 0 amide bonds. The highest BCUT2D eigenvalue weighted by atomic mass is 35.5. The molecule has 0 aromatic heterocycles. The topological polar surface area (TPSA) is 64.3 Å². The zero-order valence-electron chi connectivity index (χ0n) is 15.4. The van der Waals surface area contributed by atoms with Crippen molar-refractivity contribution in [3.05, 3.63) is 41.2 Å². The molecule has 2 rings (SSSR count). The first-order valence-electron chi connectivity index (χ1n) is 8.86. The van der Waals surface area contributed by atoms with E-state index in [0.717, 1.165) is 31.5 Å². The predicted molar refractivity (Wildman–Crippen MR) is 106 cm³/mol. The van der Waals surface area contributed by atoms with E-state index in [4.69, 9.17) is 21.5 Å². The largest absolute Gasteiger partial charge is 0.489 e. The van der Waals surface area contributed by atoms with E-state index in [-0.39, 0.29) is 17.5 Å². The minimum Gasteiger partial charge on any atom is -0.489 e. The fourth-order valence-electron chi connectivity index (χ4n) is 3.50. The van der Waals surface area contributed by atoms with E-state index in [1.165, 1.54) is 6.07 Å². The molecule has 1 aromatic carbocycles. The Bertz CT molecular complexity index is 663. The maximum Gasteiger partial charge on any atom is 0.145 e. The van der Waals surface area contributed by atoms with Gasteiger partial charge in [-0.2, -0.15) is 0 Å². The van der Waals surface area contributed by atoms with Crippen LogP contribution in [0.1, 0.15) is 44.6 Å². The van der Waals surface area contributed by atoms with Crippen LogP contribution in [-0.4, -0.2) is 28.7 Å². The number of nitrogens with two attached hydrogens (primary N) is 1. The van der Waals surface area contributed by atoms with E-state index in [2.05, 4.69) is 11.9 Å². The van der Waals surface area contributed by atoms with Gasteiger partial charge in [0.25, 0.3) is 0 Å². The van der Waals surface area contributed by atoms with Crippen molar-refractivity contribution in [1.29, 1.82) is 0 Å². The van der Waals surface area contributed by atoms with Crippen molar-refractivity contribution in [3.63, 3.8) is 0 Å². The number of piperidine rings is 1. The van der Waals surface area contributed by atoms with Gasteiger partial charge in [-0.25, -0.2) is 8.60 Å². The van der Waals surface area contributed by atoms with E-state index < -0.39 is 21.5 Å². The van der Waals surface area contributed by atoms with E-state index >= 15 is 0 Å². The van der Waals surface area contributed by atoms with Crippen molar-refractivity contribution in [2.24, 2.45) is 11.1 Å². The third-order valence-corrected chi connectivity index (χ3v) is 6.56. The summed E-state index contributed by atoms with van der Waals surface area (Å²) in [5, 5.41) is 9.15. The Kier molecular flexibility index (Phi) is 7.64. The fourth-order valence-corrected chi connectivity index (χ4v) is 4.01. The summed E-state index contributed by atoms with van der Waals surface area (Å²) < 4.78 is 31.2. The van der Waals surface area contributed by atoms with Crippen LogP contribution in [-0.2, 0) is 11.0 Å². The Hall–Kier alpha value is -0.950. The lowest BCUT2D eigenvalue weighted by Gasteiger charge is -2.36. The summed E-state index contributed by atoms with van der Waals surface area (Å²) in [4.78, 5) is 0. The molecule has 1 unspecified atom stereocenters. The number of benzene rings is 1. The molecule has 1 aliphatic heterocycles. The Morgan fingerprint density at radius 2 is 2.15 bits per heavy atom. The summed E-state index contributed by atoms with van der Waals surface area (Å²) in [5.41, 5.74) is 0.851. The third kappa shape index (κ3) is 5.28. The molecule has 1 aliphatic rings. The predicted octanol–water partition coefficient (Wildman–Crippen LogP) is 3.92. The van der Waals surface area contributed by atoms with Crippen LogP contribution >= 0.6 is 11.6 Å². The van der Waals surface area contributed by atoms with Crippen LogP contribution in [0.5, 0.6) is 5.75 Å². The van der Waals surface area contributed by atoms with Gasteiger partial charge in [0.2, 0.25) is 0 Å². The van der Waals surface area contributed by atoms with Crippen molar-refractivity contribution >= 4 is 22.6 Å². The molecule has 0 bridgehead atoms. The zero-order chi connectivity index (χ0) is 19.3. The number of hydrogen-bond donors (Lipinski definition) is 2. The summed E-state index contributed by atoms with van der Waals surface area (Å²) in [5.74, 6) is 0.332.